The summed E-state index contributed by atoms with van der Waals surface area (Å²) < 4.78 is 6.16. The Kier molecular flexibility index (Phi) is 6.29. The molecular weight excluding hydrogens is 428 g/mol. The molecule has 1 amide bonds. The maximum absolute atomic E-state index is 12.8. The van der Waals surface area contributed by atoms with Gasteiger partial charge in [-0.05, 0) is 62.4 Å². The third-order valence-corrected chi connectivity index (χ3v) is 6.30. The SMILES string of the molecule is CN1CCC(Oc2ccc(-c3n[nH]c4ccc(C(=O)NC(O)c5ccccc5)cc34)cc2)CC1. The van der Waals surface area contributed by atoms with E-state index in [0.717, 1.165) is 53.8 Å². The average Bonchev–Trinajstić information content (AvgIpc) is 3.30. The number of piperidine rings is 1. The van der Waals surface area contributed by atoms with Crippen molar-refractivity contribution in [1.82, 2.24) is 20.4 Å². The molecule has 1 aliphatic rings. The summed E-state index contributed by atoms with van der Waals surface area (Å²) in [5.41, 5.74) is 3.61. The first-order chi connectivity index (χ1) is 16.6. The van der Waals surface area contributed by atoms with Crippen LogP contribution in [0.3, 0.4) is 0 Å². The van der Waals surface area contributed by atoms with Crippen molar-refractivity contribution in [3.8, 4) is 17.0 Å². The van der Waals surface area contributed by atoms with Crippen molar-refractivity contribution in [3.63, 3.8) is 0 Å². The molecule has 3 N–H and O–H groups in total. The Morgan fingerprint density at radius 1 is 1.09 bits per heavy atom. The van der Waals surface area contributed by atoms with E-state index < -0.39 is 6.23 Å². The standard InChI is InChI=1S/C27H28N4O3/c1-31-15-13-22(14-16-31)34-21-10-7-18(8-11-21)25-23-17-20(9-12-24(23)29-30-25)27(33)28-26(32)19-5-3-2-4-6-19/h2-12,17,22,26,32H,13-16H2,1H3,(H,28,33)(H,29,30). The van der Waals surface area contributed by atoms with Crippen LogP contribution in [0.4, 0.5) is 0 Å². The van der Waals surface area contributed by atoms with Crippen LogP contribution in [0.15, 0.2) is 72.8 Å². The molecule has 1 atom stereocenters. The second-order valence-electron chi connectivity index (χ2n) is 8.76. The van der Waals surface area contributed by atoms with E-state index in [2.05, 4.69) is 27.5 Å². The number of ether oxygens (including phenoxy) is 1. The van der Waals surface area contributed by atoms with Crippen molar-refractivity contribution in [1.29, 1.82) is 0 Å². The van der Waals surface area contributed by atoms with Gasteiger partial charge in [0.2, 0.25) is 0 Å². The molecule has 2 heterocycles. The molecule has 1 aliphatic heterocycles. The summed E-state index contributed by atoms with van der Waals surface area (Å²) in [6, 6.07) is 22.3. The molecule has 7 heteroatoms. The van der Waals surface area contributed by atoms with Gasteiger partial charge in [-0.25, -0.2) is 0 Å². The molecule has 0 aliphatic carbocycles. The maximum atomic E-state index is 12.8. The summed E-state index contributed by atoms with van der Waals surface area (Å²) in [5, 5.41) is 21.3. The Labute approximate surface area is 198 Å². The van der Waals surface area contributed by atoms with Crippen LogP contribution >= 0.6 is 0 Å². The number of benzene rings is 3. The molecule has 3 aromatic carbocycles. The molecule has 1 fully saturated rings. The topological polar surface area (TPSA) is 90.5 Å². The molecule has 4 aromatic rings. The first-order valence-electron chi connectivity index (χ1n) is 11.5. The first kappa shape index (κ1) is 22.1. The van der Waals surface area contributed by atoms with Gasteiger partial charge in [0.25, 0.3) is 5.91 Å². The van der Waals surface area contributed by atoms with Gasteiger partial charge in [-0.3, -0.25) is 9.89 Å². The fraction of sp³-hybridized carbons (Fsp3) is 0.259. The second kappa shape index (κ2) is 9.67. The number of fused-ring (bicyclic) bond motifs is 1. The summed E-state index contributed by atoms with van der Waals surface area (Å²) in [5.74, 6) is 0.500. The fourth-order valence-electron chi connectivity index (χ4n) is 4.29. The molecule has 1 unspecified atom stereocenters. The summed E-state index contributed by atoms with van der Waals surface area (Å²) in [6.07, 6.45) is 1.24. The van der Waals surface area contributed by atoms with Gasteiger partial charge >= 0.3 is 0 Å². The van der Waals surface area contributed by atoms with Gasteiger partial charge < -0.3 is 20.1 Å². The number of likely N-dealkylation sites (tertiary alicyclic amines) is 1. The number of amides is 1. The highest BCUT2D eigenvalue weighted by Crippen LogP contribution is 2.29. The minimum Gasteiger partial charge on any atom is -0.490 e. The highest BCUT2D eigenvalue weighted by Gasteiger charge is 2.19. The van der Waals surface area contributed by atoms with Crippen molar-refractivity contribution in [2.75, 3.05) is 20.1 Å². The van der Waals surface area contributed by atoms with Gasteiger partial charge in [-0.2, -0.15) is 5.10 Å². The molecule has 0 bridgehead atoms. The third kappa shape index (κ3) is 4.81. The maximum Gasteiger partial charge on any atom is 0.253 e. The number of H-pyrrole nitrogens is 1. The summed E-state index contributed by atoms with van der Waals surface area (Å²) >= 11 is 0. The zero-order valence-corrected chi connectivity index (χ0v) is 19.1. The molecule has 34 heavy (non-hydrogen) atoms. The van der Waals surface area contributed by atoms with Crippen LogP contribution in [-0.4, -0.2) is 52.4 Å². The molecule has 7 nitrogen and oxygen atoms in total. The predicted octanol–water partition coefficient (Wildman–Crippen LogP) is 4.12. The van der Waals surface area contributed by atoms with E-state index in [1.165, 1.54) is 0 Å². The Bertz CT molecular complexity index is 1260. The zero-order valence-electron chi connectivity index (χ0n) is 19.1. The van der Waals surface area contributed by atoms with Crippen molar-refractivity contribution in [2.45, 2.75) is 25.2 Å². The lowest BCUT2D eigenvalue weighted by Crippen LogP contribution is -2.35. The molecule has 0 radical (unpaired) electrons. The van der Waals surface area contributed by atoms with Crippen LogP contribution in [-0.2, 0) is 0 Å². The van der Waals surface area contributed by atoms with Gasteiger partial charge in [-0.15, -0.1) is 0 Å². The first-order valence-corrected chi connectivity index (χ1v) is 11.5. The van der Waals surface area contributed by atoms with Crippen LogP contribution in [0, 0.1) is 0 Å². The van der Waals surface area contributed by atoms with E-state index in [9.17, 15) is 9.90 Å². The highest BCUT2D eigenvalue weighted by atomic mass is 16.5. The van der Waals surface area contributed by atoms with E-state index >= 15 is 0 Å². The van der Waals surface area contributed by atoms with E-state index in [-0.39, 0.29) is 12.0 Å². The molecule has 174 valence electrons. The van der Waals surface area contributed by atoms with Crippen molar-refractivity contribution < 1.29 is 14.6 Å². The van der Waals surface area contributed by atoms with Gasteiger partial charge in [0.15, 0.2) is 6.23 Å². The number of aliphatic hydroxyl groups is 1. The van der Waals surface area contributed by atoms with E-state index in [1.54, 1.807) is 24.3 Å². The predicted molar refractivity (Wildman–Crippen MR) is 132 cm³/mol. The average molecular weight is 457 g/mol. The van der Waals surface area contributed by atoms with Crippen molar-refractivity contribution in [2.24, 2.45) is 0 Å². The Morgan fingerprint density at radius 2 is 1.82 bits per heavy atom. The number of aromatic amines is 1. The second-order valence-corrected chi connectivity index (χ2v) is 8.76. The van der Waals surface area contributed by atoms with Crippen molar-refractivity contribution in [3.05, 3.63) is 83.9 Å². The molecular formula is C27H28N4O3. The number of aromatic nitrogens is 2. The lowest BCUT2D eigenvalue weighted by Gasteiger charge is -2.29. The van der Waals surface area contributed by atoms with Gasteiger partial charge in [0.1, 0.15) is 11.9 Å². The minimum atomic E-state index is -1.08. The zero-order chi connectivity index (χ0) is 23.5. The van der Waals surface area contributed by atoms with Gasteiger partial charge in [0.05, 0.1) is 11.2 Å². The summed E-state index contributed by atoms with van der Waals surface area (Å²) in [6.45, 7) is 2.11. The highest BCUT2D eigenvalue weighted by molar-refractivity contribution is 6.01. The number of rotatable bonds is 6. The van der Waals surface area contributed by atoms with Crippen LogP contribution in [0.1, 0.15) is 35.0 Å². The molecule has 1 saturated heterocycles. The van der Waals surface area contributed by atoms with E-state index in [4.69, 9.17) is 4.74 Å². The number of carbonyl (C=O) groups is 1. The minimum absolute atomic E-state index is 0.251. The quantitative estimate of drug-likeness (QED) is 0.380. The number of hydrogen-bond acceptors (Lipinski definition) is 5. The molecule has 0 spiro atoms. The van der Waals surface area contributed by atoms with Crippen LogP contribution in [0.25, 0.3) is 22.2 Å². The van der Waals surface area contributed by atoms with E-state index in [0.29, 0.717) is 11.1 Å². The van der Waals surface area contributed by atoms with E-state index in [1.807, 2.05) is 48.5 Å². The summed E-state index contributed by atoms with van der Waals surface area (Å²) in [7, 11) is 2.14. The third-order valence-electron chi connectivity index (χ3n) is 6.30. The molecule has 0 saturated carbocycles. The Morgan fingerprint density at radius 3 is 2.56 bits per heavy atom. The number of nitrogens with one attached hydrogen (secondary N) is 2. The van der Waals surface area contributed by atoms with Crippen LogP contribution in [0.5, 0.6) is 5.75 Å². The number of carbonyl (C=O) groups excluding carboxylic acids is 1. The Balaban J connectivity index is 1.32. The number of nitrogens with zero attached hydrogens (tertiary/aromatic N) is 2. The largest absolute Gasteiger partial charge is 0.490 e. The lowest BCUT2D eigenvalue weighted by atomic mass is 10.0. The normalized spacial score (nSPS) is 15.8. The smallest absolute Gasteiger partial charge is 0.253 e. The molecule has 5 rings (SSSR count). The van der Waals surface area contributed by atoms with Crippen LogP contribution in [0.2, 0.25) is 0 Å². The Hall–Kier alpha value is -3.68. The van der Waals surface area contributed by atoms with Crippen LogP contribution < -0.4 is 10.1 Å². The van der Waals surface area contributed by atoms with Crippen molar-refractivity contribution >= 4 is 16.8 Å². The number of aliphatic hydroxyl groups excluding tert-OH is 1. The fourth-order valence-corrected chi connectivity index (χ4v) is 4.29. The summed E-state index contributed by atoms with van der Waals surface area (Å²) in [4.78, 5) is 15.1. The number of hydrogen-bond donors (Lipinski definition) is 3. The van der Waals surface area contributed by atoms with Gasteiger partial charge in [0, 0.05) is 35.2 Å². The lowest BCUT2D eigenvalue weighted by molar-refractivity contribution is 0.0783. The monoisotopic (exact) mass is 456 g/mol. The molecule has 1 aromatic heterocycles. The van der Waals surface area contributed by atoms with Gasteiger partial charge in [-0.1, -0.05) is 30.3 Å².